The molecule has 2 rings (SSSR count). The molecule has 0 N–H and O–H groups in total. The minimum Gasteiger partial charge on any atom is -1.00 e. The zero-order valence-corrected chi connectivity index (χ0v) is 11.4. The SMILES string of the molecule is C[Si](C)(C1=CC=CC1)C1=CC=CC1.[H-].[H-].[Li+].[Li+]. The molecule has 0 unspecified atom stereocenters. The smallest absolute Gasteiger partial charge is 1.00 e. The molecule has 2 aliphatic carbocycles. The van der Waals surface area contributed by atoms with Crippen LogP contribution in [0.3, 0.4) is 0 Å². The van der Waals surface area contributed by atoms with E-state index in [1.54, 1.807) is 10.4 Å². The van der Waals surface area contributed by atoms with Crippen LogP contribution in [0.25, 0.3) is 0 Å². The van der Waals surface area contributed by atoms with Gasteiger partial charge in [-0.3, -0.25) is 0 Å². The van der Waals surface area contributed by atoms with Gasteiger partial charge in [-0.05, 0) is 12.8 Å². The van der Waals surface area contributed by atoms with Crippen molar-refractivity contribution in [3.8, 4) is 0 Å². The fourth-order valence-corrected chi connectivity index (χ4v) is 4.72. The summed E-state index contributed by atoms with van der Waals surface area (Å²) >= 11 is 0. The Balaban J connectivity index is -0.000000490. The van der Waals surface area contributed by atoms with E-state index >= 15 is 0 Å². The number of rotatable bonds is 2. The largest absolute Gasteiger partial charge is 1.00 e. The van der Waals surface area contributed by atoms with Gasteiger partial charge < -0.3 is 2.85 Å². The molecule has 0 aromatic heterocycles. The first-order valence-corrected chi connectivity index (χ1v) is 7.93. The molecule has 0 atom stereocenters. The Morgan fingerprint density at radius 1 is 0.933 bits per heavy atom. The van der Waals surface area contributed by atoms with Crippen LogP contribution in [-0.2, 0) is 0 Å². The summed E-state index contributed by atoms with van der Waals surface area (Å²) in [5.41, 5.74) is 0. The van der Waals surface area contributed by atoms with Gasteiger partial charge in [-0.1, -0.05) is 59.9 Å². The molecule has 0 amide bonds. The quantitative estimate of drug-likeness (QED) is 0.447. The average molecular weight is 204 g/mol. The third kappa shape index (κ3) is 3.16. The summed E-state index contributed by atoms with van der Waals surface area (Å²) in [6, 6.07) is 0. The molecular formula is C12H18Li2Si. The van der Waals surface area contributed by atoms with Crippen LogP contribution >= 0.6 is 0 Å². The van der Waals surface area contributed by atoms with E-state index in [0.717, 1.165) is 0 Å². The van der Waals surface area contributed by atoms with E-state index in [9.17, 15) is 0 Å². The van der Waals surface area contributed by atoms with Crippen LogP contribution in [0.5, 0.6) is 0 Å². The van der Waals surface area contributed by atoms with Crippen LogP contribution in [-0.4, -0.2) is 8.07 Å². The molecule has 0 aromatic rings. The molecule has 15 heavy (non-hydrogen) atoms. The fourth-order valence-electron chi connectivity index (χ4n) is 2.03. The van der Waals surface area contributed by atoms with E-state index in [1.807, 2.05) is 0 Å². The molecule has 0 saturated carbocycles. The van der Waals surface area contributed by atoms with E-state index in [1.165, 1.54) is 12.8 Å². The molecule has 0 aromatic carbocycles. The maximum absolute atomic E-state index is 2.46. The zero-order chi connectivity index (χ0) is 9.31. The van der Waals surface area contributed by atoms with Crippen molar-refractivity contribution in [1.29, 1.82) is 0 Å². The van der Waals surface area contributed by atoms with Crippen molar-refractivity contribution in [2.24, 2.45) is 0 Å². The molecule has 0 nitrogen and oxygen atoms in total. The van der Waals surface area contributed by atoms with Crippen molar-refractivity contribution >= 4 is 8.07 Å². The summed E-state index contributed by atoms with van der Waals surface area (Å²) in [5.74, 6) is 0. The Bertz CT molecular complexity index is 312. The van der Waals surface area contributed by atoms with E-state index in [0.29, 0.717) is 0 Å². The molecular weight excluding hydrogens is 186 g/mol. The number of hydrogen-bond donors (Lipinski definition) is 0. The third-order valence-electron chi connectivity index (χ3n) is 3.15. The minimum absolute atomic E-state index is 0. The van der Waals surface area contributed by atoms with Crippen LogP contribution in [0.4, 0.5) is 0 Å². The van der Waals surface area contributed by atoms with Crippen LogP contribution in [0, 0.1) is 0 Å². The normalized spacial score (nSPS) is 18.0. The van der Waals surface area contributed by atoms with Gasteiger partial charge in [0.1, 0.15) is 8.07 Å². The van der Waals surface area contributed by atoms with Gasteiger partial charge in [0.05, 0.1) is 0 Å². The van der Waals surface area contributed by atoms with Crippen LogP contribution in [0.1, 0.15) is 15.7 Å². The van der Waals surface area contributed by atoms with Crippen molar-refractivity contribution in [3.63, 3.8) is 0 Å². The summed E-state index contributed by atoms with van der Waals surface area (Å²) in [6.45, 7) is 4.93. The van der Waals surface area contributed by atoms with Gasteiger partial charge in [0.15, 0.2) is 0 Å². The molecule has 0 spiro atoms. The van der Waals surface area contributed by atoms with Gasteiger partial charge in [-0.25, -0.2) is 0 Å². The standard InChI is InChI=1S/C12H16Si.2Li.2H/c1-13(2,11-7-3-4-8-11)12-9-5-6-10-12;;;;/h3-7,9H,8,10H2,1-2H3;;;;/q;2*+1;2*-1. The Morgan fingerprint density at radius 3 is 1.60 bits per heavy atom. The van der Waals surface area contributed by atoms with Crippen molar-refractivity contribution in [1.82, 2.24) is 0 Å². The molecule has 72 valence electrons. The van der Waals surface area contributed by atoms with Crippen LogP contribution < -0.4 is 37.7 Å². The zero-order valence-electron chi connectivity index (χ0n) is 12.4. The molecule has 0 saturated heterocycles. The molecule has 0 fully saturated rings. The third-order valence-corrected chi connectivity index (χ3v) is 7.10. The minimum atomic E-state index is -1.24. The summed E-state index contributed by atoms with van der Waals surface area (Å²) in [4.78, 5) is 0. The fraction of sp³-hybridized carbons (Fsp3) is 0.333. The molecule has 0 radical (unpaired) electrons. The summed E-state index contributed by atoms with van der Waals surface area (Å²) in [6.07, 6.45) is 16.0. The van der Waals surface area contributed by atoms with E-state index in [4.69, 9.17) is 0 Å². The van der Waals surface area contributed by atoms with Crippen molar-refractivity contribution in [2.75, 3.05) is 0 Å². The predicted octanol–water partition coefficient (Wildman–Crippen LogP) is -2.22. The molecule has 2 aliphatic rings. The van der Waals surface area contributed by atoms with Gasteiger partial charge in [0.2, 0.25) is 0 Å². The van der Waals surface area contributed by atoms with E-state index < -0.39 is 8.07 Å². The first-order chi connectivity index (χ1) is 6.21. The second-order valence-electron chi connectivity index (χ2n) is 4.27. The van der Waals surface area contributed by atoms with Crippen molar-refractivity contribution in [2.45, 2.75) is 25.9 Å². The summed E-state index contributed by atoms with van der Waals surface area (Å²) in [5, 5.41) is 3.37. The Labute approximate surface area is 121 Å². The van der Waals surface area contributed by atoms with Gasteiger partial charge in [0, 0.05) is 0 Å². The van der Waals surface area contributed by atoms with E-state index in [2.05, 4.69) is 49.6 Å². The number of hydrogen-bond acceptors (Lipinski definition) is 0. The predicted molar refractivity (Wildman–Crippen MR) is 63.4 cm³/mol. The van der Waals surface area contributed by atoms with Gasteiger partial charge in [-0.15, -0.1) is 0 Å². The second kappa shape index (κ2) is 6.19. The maximum atomic E-state index is 2.46. The van der Waals surface area contributed by atoms with E-state index in [-0.39, 0.29) is 40.6 Å². The first-order valence-electron chi connectivity index (χ1n) is 4.93. The Morgan fingerprint density at radius 2 is 1.33 bits per heavy atom. The Hall–Kier alpha value is 0.372. The Kier molecular flexibility index (Phi) is 6.35. The maximum Gasteiger partial charge on any atom is 1.00 e. The topological polar surface area (TPSA) is 0 Å². The summed E-state index contributed by atoms with van der Waals surface area (Å²) in [7, 11) is -1.24. The van der Waals surface area contributed by atoms with Gasteiger partial charge in [-0.2, -0.15) is 0 Å². The molecule has 0 bridgehead atoms. The second-order valence-corrected chi connectivity index (χ2v) is 8.81. The first kappa shape index (κ1) is 15.4. The number of allylic oxidation sites excluding steroid dienone is 8. The van der Waals surface area contributed by atoms with Crippen molar-refractivity contribution in [3.05, 3.63) is 46.8 Å². The monoisotopic (exact) mass is 204 g/mol. The van der Waals surface area contributed by atoms with Crippen LogP contribution in [0.15, 0.2) is 46.8 Å². The average Bonchev–Trinajstić information content (AvgIpc) is 2.78. The van der Waals surface area contributed by atoms with Crippen molar-refractivity contribution < 1.29 is 40.6 Å². The molecule has 3 heteroatoms. The van der Waals surface area contributed by atoms with Crippen LogP contribution in [0.2, 0.25) is 13.1 Å². The van der Waals surface area contributed by atoms with Gasteiger partial charge >= 0.3 is 37.7 Å². The summed E-state index contributed by atoms with van der Waals surface area (Å²) < 4.78 is 0. The molecule has 0 heterocycles. The van der Waals surface area contributed by atoms with Gasteiger partial charge in [0.25, 0.3) is 0 Å². The molecule has 0 aliphatic heterocycles.